The van der Waals surface area contributed by atoms with Crippen LogP contribution in [0, 0.1) is 0 Å². The minimum absolute atomic E-state index is 0.160. The molecule has 3 rings (SSSR count). The molecule has 0 unspecified atom stereocenters. The van der Waals surface area contributed by atoms with Crippen LogP contribution in [0.15, 0.2) is 42.5 Å². The molecule has 0 spiro atoms. The lowest BCUT2D eigenvalue weighted by Gasteiger charge is -2.20. The molecule has 0 amide bonds. The van der Waals surface area contributed by atoms with Gasteiger partial charge < -0.3 is 14.6 Å². The Morgan fingerprint density at radius 3 is 2.50 bits per heavy atom. The number of phenols is 1. The second-order valence-electron chi connectivity index (χ2n) is 4.72. The number of carbonyl (C=O) groups excluding carboxylic acids is 2. The Morgan fingerprint density at radius 2 is 1.82 bits per heavy atom. The van der Waals surface area contributed by atoms with E-state index >= 15 is 0 Å². The van der Waals surface area contributed by atoms with Crippen molar-refractivity contribution in [2.24, 2.45) is 0 Å². The summed E-state index contributed by atoms with van der Waals surface area (Å²) in [4.78, 5) is 23.4. The van der Waals surface area contributed by atoms with E-state index in [0.717, 1.165) is 5.56 Å². The SMILES string of the molecule is COC(=O)OC1=Cc2cc(C(=O)c3ccccc3)c(O)cc21. The Hall–Kier alpha value is -3.08. The summed E-state index contributed by atoms with van der Waals surface area (Å²) in [7, 11) is 1.21. The molecule has 0 aliphatic heterocycles. The molecule has 110 valence electrons. The van der Waals surface area contributed by atoms with Crippen LogP contribution >= 0.6 is 0 Å². The van der Waals surface area contributed by atoms with Crippen molar-refractivity contribution in [1.29, 1.82) is 0 Å². The average Bonchev–Trinajstić information content (AvgIpc) is 2.54. The van der Waals surface area contributed by atoms with E-state index in [4.69, 9.17) is 4.74 Å². The monoisotopic (exact) mass is 296 g/mol. The zero-order valence-electron chi connectivity index (χ0n) is 11.7. The Labute approximate surface area is 126 Å². The third-order valence-corrected chi connectivity index (χ3v) is 3.36. The van der Waals surface area contributed by atoms with Gasteiger partial charge in [-0.1, -0.05) is 30.3 Å². The van der Waals surface area contributed by atoms with E-state index in [2.05, 4.69) is 4.74 Å². The summed E-state index contributed by atoms with van der Waals surface area (Å²) in [5.41, 5.74) is 1.98. The molecule has 0 heterocycles. The number of ether oxygens (including phenoxy) is 2. The van der Waals surface area contributed by atoms with Crippen LogP contribution < -0.4 is 0 Å². The Bertz CT molecular complexity index is 790. The van der Waals surface area contributed by atoms with Gasteiger partial charge in [0.2, 0.25) is 0 Å². The highest BCUT2D eigenvalue weighted by Gasteiger charge is 2.25. The fraction of sp³-hybridized carbons (Fsp3) is 0.0588. The van der Waals surface area contributed by atoms with E-state index in [9.17, 15) is 14.7 Å². The molecule has 2 aromatic rings. The Kier molecular flexibility index (Phi) is 3.39. The number of aromatic hydroxyl groups is 1. The topological polar surface area (TPSA) is 72.8 Å². The molecular weight excluding hydrogens is 284 g/mol. The average molecular weight is 296 g/mol. The van der Waals surface area contributed by atoms with Crippen molar-refractivity contribution in [3.63, 3.8) is 0 Å². The van der Waals surface area contributed by atoms with Crippen molar-refractivity contribution in [2.45, 2.75) is 0 Å². The van der Waals surface area contributed by atoms with Crippen LogP contribution in [-0.4, -0.2) is 24.2 Å². The molecule has 2 aromatic carbocycles. The number of methoxy groups -OCH3 is 1. The summed E-state index contributed by atoms with van der Waals surface area (Å²) in [6, 6.07) is 11.7. The minimum Gasteiger partial charge on any atom is -0.507 e. The van der Waals surface area contributed by atoms with Crippen molar-refractivity contribution >= 4 is 23.8 Å². The molecule has 22 heavy (non-hydrogen) atoms. The van der Waals surface area contributed by atoms with Crippen LogP contribution in [0.4, 0.5) is 4.79 Å². The lowest BCUT2D eigenvalue weighted by Crippen LogP contribution is -2.11. The summed E-state index contributed by atoms with van der Waals surface area (Å²) in [6.07, 6.45) is 0.772. The zero-order valence-corrected chi connectivity index (χ0v) is 11.7. The van der Waals surface area contributed by atoms with Gasteiger partial charge in [-0.3, -0.25) is 4.79 Å². The van der Waals surface area contributed by atoms with E-state index in [1.807, 2.05) is 6.07 Å². The van der Waals surface area contributed by atoms with Crippen LogP contribution in [0.1, 0.15) is 27.0 Å². The van der Waals surface area contributed by atoms with Gasteiger partial charge in [-0.2, -0.15) is 0 Å². The lowest BCUT2D eigenvalue weighted by atomic mass is 9.90. The second kappa shape index (κ2) is 5.37. The maximum Gasteiger partial charge on any atom is 0.513 e. The molecule has 1 aliphatic rings. The first-order valence-electron chi connectivity index (χ1n) is 6.55. The van der Waals surface area contributed by atoms with Gasteiger partial charge >= 0.3 is 6.16 Å². The van der Waals surface area contributed by atoms with Crippen molar-refractivity contribution in [3.8, 4) is 5.75 Å². The van der Waals surface area contributed by atoms with Crippen molar-refractivity contribution in [1.82, 2.24) is 0 Å². The predicted octanol–water partition coefficient (Wildman–Crippen LogP) is 3.22. The first-order valence-corrected chi connectivity index (χ1v) is 6.55. The van der Waals surface area contributed by atoms with Gasteiger partial charge in [0.05, 0.1) is 12.7 Å². The van der Waals surface area contributed by atoms with Crippen LogP contribution in [0.3, 0.4) is 0 Å². The lowest BCUT2D eigenvalue weighted by molar-refractivity contribution is 0.103. The molecule has 5 heteroatoms. The molecule has 0 aromatic heterocycles. The molecule has 0 atom stereocenters. The first kappa shape index (κ1) is 13.9. The normalized spacial score (nSPS) is 11.8. The summed E-state index contributed by atoms with van der Waals surface area (Å²) in [5, 5.41) is 10.1. The standard InChI is InChI=1S/C17H12O5/c1-21-17(20)22-15-8-11-7-13(14(18)9-12(11)15)16(19)10-5-3-2-4-6-10/h2-9,18H,1H3. The maximum absolute atomic E-state index is 12.4. The predicted molar refractivity (Wildman–Crippen MR) is 79.3 cm³/mol. The highest BCUT2D eigenvalue weighted by molar-refractivity contribution is 6.12. The summed E-state index contributed by atoms with van der Waals surface area (Å²) in [6.45, 7) is 0. The number of carbonyl (C=O) groups is 2. The van der Waals surface area contributed by atoms with Gasteiger partial charge in [0, 0.05) is 11.1 Å². The number of hydrogen-bond donors (Lipinski definition) is 1. The largest absolute Gasteiger partial charge is 0.513 e. The van der Waals surface area contributed by atoms with Gasteiger partial charge in [-0.25, -0.2) is 4.79 Å². The number of phenolic OH excluding ortho intramolecular Hbond substituents is 1. The van der Waals surface area contributed by atoms with E-state index < -0.39 is 6.16 Å². The summed E-state index contributed by atoms with van der Waals surface area (Å²) < 4.78 is 9.31. The van der Waals surface area contributed by atoms with E-state index in [-0.39, 0.29) is 17.1 Å². The molecule has 5 nitrogen and oxygen atoms in total. The molecule has 0 radical (unpaired) electrons. The van der Waals surface area contributed by atoms with Crippen LogP contribution in [-0.2, 0) is 9.47 Å². The van der Waals surface area contributed by atoms with Gasteiger partial charge in [0.1, 0.15) is 11.5 Å². The van der Waals surface area contributed by atoms with Crippen molar-refractivity contribution in [2.75, 3.05) is 7.11 Å². The van der Waals surface area contributed by atoms with Crippen LogP contribution in [0.25, 0.3) is 11.8 Å². The summed E-state index contributed by atoms with van der Waals surface area (Å²) in [5.74, 6) is -0.126. The zero-order chi connectivity index (χ0) is 15.7. The van der Waals surface area contributed by atoms with E-state index in [0.29, 0.717) is 16.9 Å². The van der Waals surface area contributed by atoms with Crippen molar-refractivity contribution in [3.05, 3.63) is 64.7 Å². The quantitative estimate of drug-likeness (QED) is 0.695. The molecule has 1 aliphatic carbocycles. The minimum atomic E-state index is -0.833. The highest BCUT2D eigenvalue weighted by Crippen LogP contribution is 2.38. The first-order chi connectivity index (χ1) is 10.6. The fourth-order valence-electron chi connectivity index (χ4n) is 2.22. The second-order valence-corrected chi connectivity index (χ2v) is 4.72. The molecule has 0 fully saturated rings. The smallest absolute Gasteiger partial charge is 0.507 e. The third kappa shape index (κ3) is 2.33. The highest BCUT2D eigenvalue weighted by atomic mass is 16.7. The molecule has 0 saturated carbocycles. The number of benzene rings is 2. The Morgan fingerprint density at radius 1 is 1.09 bits per heavy atom. The van der Waals surface area contributed by atoms with Gasteiger partial charge in [0.25, 0.3) is 0 Å². The summed E-state index contributed by atoms with van der Waals surface area (Å²) >= 11 is 0. The third-order valence-electron chi connectivity index (χ3n) is 3.36. The van der Waals surface area contributed by atoms with Gasteiger partial charge in [0.15, 0.2) is 5.78 Å². The van der Waals surface area contributed by atoms with Crippen LogP contribution in [0.5, 0.6) is 5.75 Å². The van der Waals surface area contributed by atoms with Crippen LogP contribution in [0.2, 0.25) is 0 Å². The number of ketones is 1. The van der Waals surface area contributed by atoms with E-state index in [1.165, 1.54) is 13.2 Å². The molecular formula is C17H12O5. The van der Waals surface area contributed by atoms with Crippen molar-refractivity contribution < 1.29 is 24.2 Å². The fourth-order valence-corrected chi connectivity index (χ4v) is 2.22. The van der Waals surface area contributed by atoms with E-state index in [1.54, 1.807) is 36.4 Å². The van der Waals surface area contributed by atoms with Gasteiger partial charge in [-0.05, 0) is 23.8 Å². The molecule has 1 N–H and O–H groups in total. The molecule has 0 saturated heterocycles. The number of rotatable bonds is 3. The molecule has 0 bridgehead atoms. The number of fused-ring (bicyclic) bond motifs is 1. The number of hydrogen-bond acceptors (Lipinski definition) is 5. The van der Waals surface area contributed by atoms with Gasteiger partial charge in [-0.15, -0.1) is 0 Å². The Balaban J connectivity index is 1.89. The maximum atomic E-state index is 12.4.